The van der Waals surface area contributed by atoms with Gasteiger partial charge in [0.15, 0.2) is 0 Å². The molecular formula is C16H18BrN3. The number of hydrogen-bond donors (Lipinski definition) is 0. The topological polar surface area (TPSA) is 19.4 Å². The molecule has 0 saturated carbocycles. The van der Waals surface area contributed by atoms with Gasteiger partial charge in [-0.3, -0.25) is 0 Å². The van der Waals surface area contributed by atoms with Crippen LogP contribution in [0.5, 0.6) is 0 Å². The van der Waals surface area contributed by atoms with Gasteiger partial charge in [-0.1, -0.05) is 18.2 Å². The molecule has 0 radical (unpaired) electrons. The standard InChI is InChI=1S/C16H18BrN3/c1-13-11-16(18-12-15(13)17)20-9-7-19(8-10-20)14-5-3-2-4-6-14/h2-6,11-12H,7-10H2,1H3. The molecule has 1 aromatic heterocycles. The van der Waals surface area contributed by atoms with Gasteiger partial charge in [-0.05, 0) is 46.6 Å². The highest BCUT2D eigenvalue weighted by atomic mass is 79.9. The molecule has 0 bridgehead atoms. The van der Waals surface area contributed by atoms with E-state index in [4.69, 9.17) is 0 Å². The van der Waals surface area contributed by atoms with Crippen molar-refractivity contribution in [3.8, 4) is 0 Å². The summed E-state index contributed by atoms with van der Waals surface area (Å²) in [6.45, 7) is 6.23. The van der Waals surface area contributed by atoms with Crippen molar-refractivity contribution in [2.24, 2.45) is 0 Å². The number of rotatable bonds is 2. The van der Waals surface area contributed by atoms with Crippen molar-refractivity contribution < 1.29 is 0 Å². The lowest BCUT2D eigenvalue weighted by atomic mass is 10.2. The normalized spacial score (nSPS) is 15.5. The van der Waals surface area contributed by atoms with Gasteiger partial charge in [0, 0.05) is 42.5 Å². The van der Waals surface area contributed by atoms with Gasteiger partial charge < -0.3 is 9.80 Å². The minimum absolute atomic E-state index is 1.02. The molecule has 1 aliphatic rings. The van der Waals surface area contributed by atoms with Crippen LogP contribution in [-0.2, 0) is 0 Å². The first-order valence-electron chi connectivity index (χ1n) is 6.91. The van der Waals surface area contributed by atoms with E-state index < -0.39 is 0 Å². The highest BCUT2D eigenvalue weighted by Crippen LogP contribution is 2.22. The molecule has 0 atom stereocenters. The summed E-state index contributed by atoms with van der Waals surface area (Å²) >= 11 is 3.50. The van der Waals surface area contributed by atoms with E-state index in [-0.39, 0.29) is 0 Å². The Kier molecular flexibility index (Phi) is 3.92. The van der Waals surface area contributed by atoms with Gasteiger partial charge in [0.05, 0.1) is 0 Å². The Balaban J connectivity index is 1.68. The summed E-state index contributed by atoms with van der Waals surface area (Å²) in [6, 6.07) is 12.8. The molecule has 1 aliphatic heterocycles. The first-order valence-corrected chi connectivity index (χ1v) is 7.70. The number of piperazine rings is 1. The highest BCUT2D eigenvalue weighted by Gasteiger charge is 2.18. The number of halogens is 1. The number of anilines is 2. The fourth-order valence-corrected chi connectivity index (χ4v) is 2.75. The molecule has 3 nitrogen and oxygen atoms in total. The maximum Gasteiger partial charge on any atom is 0.128 e. The number of para-hydroxylation sites is 1. The van der Waals surface area contributed by atoms with E-state index in [1.165, 1.54) is 11.3 Å². The molecule has 3 rings (SSSR count). The molecule has 1 fully saturated rings. The van der Waals surface area contributed by atoms with Gasteiger partial charge in [0.2, 0.25) is 0 Å². The lowest BCUT2D eigenvalue weighted by molar-refractivity contribution is 0.647. The van der Waals surface area contributed by atoms with E-state index in [0.29, 0.717) is 0 Å². The summed E-state index contributed by atoms with van der Waals surface area (Å²) in [5.41, 5.74) is 2.55. The summed E-state index contributed by atoms with van der Waals surface area (Å²) in [5, 5.41) is 0. The van der Waals surface area contributed by atoms with E-state index in [2.05, 4.69) is 74.0 Å². The molecule has 4 heteroatoms. The Bertz CT molecular complexity index is 578. The Morgan fingerprint density at radius 1 is 1.00 bits per heavy atom. The van der Waals surface area contributed by atoms with Crippen LogP contribution in [0.15, 0.2) is 47.1 Å². The van der Waals surface area contributed by atoms with Gasteiger partial charge >= 0.3 is 0 Å². The molecule has 1 saturated heterocycles. The first kappa shape index (κ1) is 13.4. The lowest BCUT2D eigenvalue weighted by Crippen LogP contribution is -2.46. The van der Waals surface area contributed by atoms with Crippen molar-refractivity contribution in [3.63, 3.8) is 0 Å². The molecule has 0 unspecified atom stereocenters. The van der Waals surface area contributed by atoms with Gasteiger partial charge in [0.25, 0.3) is 0 Å². The molecule has 0 spiro atoms. The van der Waals surface area contributed by atoms with E-state index in [9.17, 15) is 0 Å². The van der Waals surface area contributed by atoms with E-state index in [0.717, 1.165) is 36.5 Å². The maximum absolute atomic E-state index is 4.52. The molecule has 104 valence electrons. The fourth-order valence-electron chi connectivity index (χ4n) is 2.53. The van der Waals surface area contributed by atoms with Crippen molar-refractivity contribution in [2.45, 2.75) is 6.92 Å². The van der Waals surface area contributed by atoms with Crippen LogP contribution in [0.3, 0.4) is 0 Å². The summed E-state index contributed by atoms with van der Waals surface area (Å²) in [6.07, 6.45) is 1.90. The maximum atomic E-state index is 4.52. The lowest BCUT2D eigenvalue weighted by Gasteiger charge is -2.36. The van der Waals surface area contributed by atoms with Crippen LogP contribution in [0.25, 0.3) is 0 Å². The number of pyridine rings is 1. The number of hydrogen-bond acceptors (Lipinski definition) is 3. The van der Waals surface area contributed by atoms with Gasteiger partial charge in [-0.15, -0.1) is 0 Å². The highest BCUT2D eigenvalue weighted by molar-refractivity contribution is 9.10. The number of nitrogens with zero attached hydrogens (tertiary/aromatic N) is 3. The number of benzene rings is 1. The zero-order valence-electron chi connectivity index (χ0n) is 11.6. The van der Waals surface area contributed by atoms with Crippen molar-refractivity contribution in [3.05, 3.63) is 52.6 Å². The van der Waals surface area contributed by atoms with Crippen LogP contribution in [0.1, 0.15) is 5.56 Å². The first-order chi connectivity index (χ1) is 9.74. The van der Waals surface area contributed by atoms with Crippen LogP contribution < -0.4 is 9.80 Å². The minimum atomic E-state index is 1.02. The summed E-state index contributed by atoms with van der Waals surface area (Å²) < 4.78 is 1.07. The predicted octanol–water partition coefficient (Wildman–Crippen LogP) is 3.48. The molecular weight excluding hydrogens is 314 g/mol. The molecule has 0 N–H and O–H groups in total. The second-order valence-electron chi connectivity index (χ2n) is 5.10. The third-order valence-electron chi connectivity index (χ3n) is 3.76. The van der Waals surface area contributed by atoms with Crippen molar-refractivity contribution in [1.29, 1.82) is 0 Å². The van der Waals surface area contributed by atoms with Gasteiger partial charge in [-0.25, -0.2) is 4.98 Å². The molecule has 0 amide bonds. The zero-order chi connectivity index (χ0) is 13.9. The van der Waals surface area contributed by atoms with Crippen LogP contribution >= 0.6 is 15.9 Å². The second-order valence-corrected chi connectivity index (χ2v) is 5.96. The quantitative estimate of drug-likeness (QED) is 0.839. The largest absolute Gasteiger partial charge is 0.368 e. The summed E-state index contributed by atoms with van der Waals surface area (Å²) in [4.78, 5) is 9.31. The third-order valence-corrected chi connectivity index (χ3v) is 4.59. The minimum Gasteiger partial charge on any atom is -0.368 e. The van der Waals surface area contributed by atoms with E-state index in [1.54, 1.807) is 0 Å². The van der Waals surface area contributed by atoms with Gasteiger partial charge in [0.1, 0.15) is 5.82 Å². The predicted molar refractivity (Wildman–Crippen MR) is 87.5 cm³/mol. The molecule has 2 aromatic rings. The van der Waals surface area contributed by atoms with Crippen molar-refractivity contribution in [1.82, 2.24) is 4.98 Å². The van der Waals surface area contributed by atoms with Crippen molar-refractivity contribution in [2.75, 3.05) is 36.0 Å². The Labute approximate surface area is 128 Å². The fraction of sp³-hybridized carbons (Fsp3) is 0.312. The molecule has 20 heavy (non-hydrogen) atoms. The molecule has 2 heterocycles. The average molecular weight is 332 g/mol. The van der Waals surface area contributed by atoms with E-state index >= 15 is 0 Å². The average Bonchev–Trinajstić information content (AvgIpc) is 2.51. The van der Waals surface area contributed by atoms with Crippen LogP contribution in [0.4, 0.5) is 11.5 Å². The Morgan fingerprint density at radius 3 is 2.30 bits per heavy atom. The summed E-state index contributed by atoms with van der Waals surface area (Å²) in [7, 11) is 0. The Morgan fingerprint density at radius 2 is 1.65 bits per heavy atom. The second kappa shape index (κ2) is 5.83. The Hall–Kier alpha value is -1.55. The van der Waals surface area contributed by atoms with E-state index in [1.807, 2.05) is 6.20 Å². The van der Waals surface area contributed by atoms with Gasteiger partial charge in [-0.2, -0.15) is 0 Å². The van der Waals surface area contributed by atoms with Crippen LogP contribution in [0, 0.1) is 6.92 Å². The SMILES string of the molecule is Cc1cc(N2CCN(c3ccccc3)CC2)ncc1Br. The third kappa shape index (κ3) is 2.80. The zero-order valence-corrected chi connectivity index (χ0v) is 13.2. The molecule has 0 aliphatic carbocycles. The number of aryl methyl sites for hydroxylation is 1. The van der Waals surface area contributed by atoms with Crippen molar-refractivity contribution >= 4 is 27.4 Å². The summed E-state index contributed by atoms with van der Waals surface area (Å²) in [5.74, 6) is 1.08. The number of aromatic nitrogens is 1. The molecule has 1 aromatic carbocycles. The van der Waals surface area contributed by atoms with Crippen LogP contribution in [0.2, 0.25) is 0 Å². The smallest absolute Gasteiger partial charge is 0.128 e. The van der Waals surface area contributed by atoms with Crippen LogP contribution in [-0.4, -0.2) is 31.2 Å². The monoisotopic (exact) mass is 331 g/mol.